The second kappa shape index (κ2) is 7.64. The third-order valence-electron chi connectivity index (χ3n) is 4.87. The maximum Gasteiger partial charge on any atom is 0.317 e. The van der Waals surface area contributed by atoms with Crippen molar-refractivity contribution in [1.82, 2.24) is 14.5 Å². The van der Waals surface area contributed by atoms with E-state index in [0.717, 1.165) is 25.7 Å². The van der Waals surface area contributed by atoms with Crippen LogP contribution in [0, 0.1) is 0 Å². The summed E-state index contributed by atoms with van der Waals surface area (Å²) in [6.45, 7) is 0.951. The molecule has 2 aliphatic rings. The van der Waals surface area contributed by atoms with Crippen LogP contribution in [0.5, 0.6) is 0 Å². The van der Waals surface area contributed by atoms with Gasteiger partial charge in [-0.05, 0) is 25.7 Å². The van der Waals surface area contributed by atoms with Crippen molar-refractivity contribution in [2.75, 3.05) is 26.4 Å². The van der Waals surface area contributed by atoms with Crippen LogP contribution in [-0.2, 0) is 10.0 Å². The molecule has 2 amide bonds. The van der Waals surface area contributed by atoms with Crippen molar-refractivity contribution in [2.45, 2.75) is 63.5 Å². The summed E-state index contributed by atoms with van der Waals surface area (Å²) in [4.78, 5) is 14.3. The monoisotopic (exact) mass is 331 g/mol. The highest BCUT2D eigenvalue weighted by Gasteiger charge is 2.28. The third kappa shape index (κ3) is 4.84. The number of urea groups is 1. The largest absolute Gasteiger partial charge is 0.334 e. The van der Waals surface area contributed by atoms with E-state index in [9.17, 15) is 13.2 Å². The van der Waals surface area contributed by atoms with Gasteiger partial charge in [-0.3, -0.25) is 0 Å². The van der Waals surface area contributed by atoms with Crippen LogP contribution >= 0.6 is 0 Å². The van der Waals surface area contributed by atoms with Crippen molar-refractivity contribution in [2.24, 2.45) is 0 Å². The molecule has 128 valence electrons. The molecule has 2 fully saturated rings. The smallest absolute Gasteiger partial charge is 0.317 e. The van der Waals surface area contributed by atoms with Crippen molar-refractivity contribution >= 4 is 16.1 Å². The van der Waals surface area contributed by atoms with E-state index in [-0.39, 0.29) is 12.1 Å². The minimum Gasteiger partial charge on any atom is -0.334 e. The molecule has 6 nitrogen and oxygen atoms in total. The number of nitrogens with one attached hydrogen (secondary N) is 1. The SMILES string of the molecule is CN(C(=O)NC1CCCN(S(C)(=O)=O)C1)C1CCCCCC1. The Morgan fingerprint density at radius 1 is 1.09 bits per heavy atom. The van der Waals surface area contributed by atoms with Gasteiger partial charge in [-0.15, -0.1) is 0 Å². The molecule has 7 heteroatoms. The number of carbonyl (C=O) groups is 1. The van der Waals surface area contributed by atoms with Crippen LogP contribution in [0.4, 0.5) is 4.79 Å². The molecule has 0 bridgehead atoms. The van der Waals surface area contributed by atoms with Crippen LogP contribution in [0.1, 0.15) is 51.4 Å². The molecule has 1 heterocycles. The zero-order chi connectivity index (χ0) is 16.2. The van der Waals surface area contributed by atoms with E-state index in [1.807, 2.05) is 11.9 Å². The van der Waals surface area contributed by atoms with Gasteiger partial charge in [0.15, 0.2) is 0 Å². The first-order valence-corrected chi connectivity index (χ1v) is 10.2. The second-order valence-corrected chi connectivity index (χ2v) is 8.65. The van der Waals surface area contributed by atoms with Gasteiger partial charge in [-0.25, -0.2) is 17.5 Å². The highest BCUT2D eigenvalue weighted by molar-refractivity contribution is 7.88. The van der Waals surface area contributed by atoms with E-state index in [4.69, 9.17) is 0 Å². The Morgan fingerprint density at radius 2 is 1.73 bits per heavy atom. The third-order valence-corrected chi connectivity index (χ3v) is 6.14. The predicted octanol–water partition coefficient (Wildman–Crippen LogP) is 1.77. The van der Waals surface area contributed by atoms with Crippen LogP contribution < -0.4 is 5.32 Å². The van der Waals surface area contributed by atoms with Gasteiger partial charge in [0.1, 0.15) is 0 Å². The van der Waals surface area contributed by atoms with Crippen molar-refractivity contribution in [1.29, 1.82) is 0 Å². The molecule has 0 spiro atoms. The number of piperidine rings is 1. The van der Waals surface area contributed by atoms with Crippen molar-refractivity contribution in [3.05, 3.63) is 0 Å². The van der Waals surface area contributed by atoms with E-state index in [1.54, 1.807) is 0 Å². The van der Waals surface area contributed by atoms with Gasteiger partial charge < -0.3 is 10.2 Å². The molecule has 1 saturated carbocycles. The average molecular weight is 331 g/mol. The fourth-order valence-corrected chi connectivity index (χ4v) is 4.36. The van der Waals surface area contributed by atoms with E-state index in [1.165, 1.54) is 36.2 Å². The van der Waals surface area contributed by atoms with E-state index >= 15 is 0 Å². The summed E-state index contributed by atoms with van der Waals surface area (Å²) in [5, 5.41) is 3.02. The fourth-order valence-electron chi connectivity index (χ4n) is 3.45. The number of rotatable bonds is 3. The molecule has 1 unspecified atom stereocenters. The Labute approximate surface area is 134 Å². The Bertz CT molecular complexity index is 472. The van der Waals surface area contributed by atoms with E-state index in [2.05, 4.69) is 5.32 Å². The molecule has 22 heavy (non-hydrogen) atoms. The van der Waals surface area contributed by atoms with E-state index in [0.29, 0.717) is 19.1 Å². The summed E-state index contributed by atoms with van der Waals surface area (Å²) < 4.78 is 24.7. The van der Waals surface area contributed by atoms with Gasteiger partial charge in [0.05, 0.1) is 6.26 Å². The Kier molecular flexibility index (Phi) is 6.09. The lowest BCUT2D eigenvalue weighted by molar-refractivity contribution is 0.173. The van der Waals surface area contributed by atoms with E-state index < -0.39 is 10.0 Å². The molecule has 1 aliphatic heterocycles. The standard InChI is InChI=1S/C15H29N3O3S/c1-17(14-9-5-3-4-6-10-14)15(19)16-13-8-7-11-18(12-13)22(2,20)21/h13-14H,3-12H2,1-2H3,(H,16,19). The number of carbonyl (C=O) groups excluding carboxylic acids is 1. The number of hydrogen-bond acceptors (Lipinski definition) is 3. The minimum atomic E-state index is -3.17. The second-order valence-electron chi connectivity index (χ2n) is 6.67. The fraction of sp³-hybridized carbons (Fsp3) is 0.933. The highest BCUT2D eigenvalue weighted by Crippen LogP contribution is 2.21. The summed E-state index contributed by atoms with van der Waals surface area (Å²) in [7, 11) is -1.31. The lowest BCUT2D eigenvalue weighted by Crippen LogP contribution is -2.53. The zero-order valence-electron chi connectivity index (χ0n) is 13.8. The van der Waals surface area contributed by atoms with Crippen LogP contribution in [0.25, 0.3) is 0 Å². The predicted molar refractivity (Wildman–Crippen MR) is 87.2 cm³/mol. The first-order chi connectivity index (χ1) is 10.4. The van der Waals surface area contributed by atoms with Gasteiger partial charge in [0.25, 0.3) is 0 Å². The lowest BCUT2D eigenvalue weighted by atomic mass is 10.1. The Balaban J connectivity index is 1.87. The molecule has 0 radical (unpaired) electrons. The van der Waals surface area contributed by atoms with Gasteiger partial charge >= 0.3 is 6.03 Å². The van der Waals surface area contributed by atoms with Crippen LogP contribution in [-0.4, -0.2) is 62.1 Å². The first kappa shape index (κ1) is 17.5. The van der Waals surface area contributed by atoms with Crippen LogP contribution in [0.15, 0.2) is 0 Å². The van der Waals surface area contributed by atoms with Gasteiger partial charge in [-0.2, -0.15) is 0 Å². The van der Waals surface area contributed by atoms with Gasteiger partial charge in [-0.1, -0.05) is 25.7 Å². The molecule has 0 aromatic heterocycles. The molecular formula is C15H29N3O3S. The number of hydrogen-bond donors (Lipinski definition) is 1. The summed E-state index contributed by atoms with van der Waals surface area (Å²) in [6, 6.07) is 0.175. The van der Waals surface area contributed by atoms with Crippen LogP contribution in [0.2, 0.25) is 0 Å². The van der Waals surface area contributed by atoms with Crippen molar-refractivity contribution in [3.8, 4) is 0 Å². The van der Waals surface area contributed by atoms with Crippen molar-refractivity contribution < 1.29 is 13.2 Å². The van der Waals surface area contributed by atoms with Crippen LogP contribution in [0.3, 0.4) is 0 Å². The maximum absolute atomic E-state index is 12.4. The number of amides is 2. The van der Waals surface area contributed by atoms with Crippen molar-refractivity contribution in [3.63, 3.8) is 0 Å². The Morgan fingerprint density at radius 3 is 2.32 bits per heavy atom. The molecule has 1 saturated heterocycles. The molecule has 1 atom stereocenters. The molecule has 2 rings (SSSR count). The zero-order valence-corrected chi connectivity index (χ0v) is 14.6. The summed E-state index contributed by atoms with van der Waals surface area (Å²) in [6.07, 6.45) is 9.92. The maximum atomic E-state index is 12.4. The summed E-state index contributed by atoms with van der Waals surface area (Å²) in [5.74, 6) is 0. The van der Waals surface area contributed by atoms with Gasteiger partial charge in [0, 0.05) is 32.2 Å². The summed E-state index contributed by atoms with van der Waals surface area (Å²) >= 11 is 0. The lowest BCUT2D eigenvalue weighted by Gasteiger charge is -2.34. The van der Waals surface area contributed by atoms with Gasteiger partial charge in [0.2, 0.25) is 10.0 Å². The highest BCUT2D eigenvalue weighted by atomic mass is 32.2. The number of sulfonamides is 1. The summed E-state index contributed by atoms with van der Waals surface area (Å²) in [5.41, 5.74) is 0. The molecule has 1 N–H and O–H groups in total. The molecule has 1 aliphatic carbocycles. The normalized spacial score (nSPS) is 25.5. The minimum absolute atomic E-state index is 0.0627. The average Bonchev–Trinajstić information content (AvgIpc) is 2.75. The number of nitrogens with zero attached hydrogens (tertiary/aromatic N) is 2. The first-order valence-electron chi connectivity index (χ1n) is 8.36. The quantitative estimate of drug-likeness (QED) is 0.801. The molecular weight excluding hydrogens is 302 g/mol. The topological polar surface area (TPSA) is 69.7 Å². The molecule has 0 aromatic rings. The Hall–Kier alpha value is -0.820. The molecule has 0 aromatic carbocycles.